The standard InChI is InChI=1S/C25H29N3O3/c1-18-11-13-22(14-12-18)16-28-20(3)24(19(2)27-28)25(30)31-17-23(29)26-15-7-10-21-8-5-4-6-9-21/h4-6,8-9,11-14H,7,10,15-17H2,1-3H3,(H,26,29). The fraction of sp³-hybridized carbons (Fsp3) is 0.320. The molecule has 31 heavy (non-hydrogen) atoms. The highest BCUT2D eigenvalue weighted by Crippen LogP contribution is 2.16. The van der Waals surface area contributed by atoms with Crippen LogP contribution in [0.4, 0.5) is 0 Å². The third-order valence-electron chi connectivity index (χ3n) is 5.18. The fourth-order valence-electron chi connectivity index (χ4n) is 3.43. The maximum Gasteiger partial charge on any atom is 0.342 e. The molecule has 3 rings (SSSR count). The van der Waals surface area contributed by atoms with Gasteiger partial charge in [0.2, 0.25) is 0 Å². The van der Waals surface area contributed by atoms with Crippen LogP contribution in [0, 0.1) is 20.8 Å². The van der Waals surface area contributed by atoms with Crippen LogP contribution in [0.1, 0.15) is 44.9 Å². The number of esters is 1. The Balaban J connectivity index is 1.48. The van der Waals surface area contributed by atoms with E-state index in [1.165, 1.54) is 11.1 Å². The van der Waals surface area contributed by atoms with Crippen LogP contribution in [0.15, 0.2) is 54.6 Å². The molecule has 0 spiro atoms. The summed E-state index contributed by atoms with van der Waals surface area (Å²) in [5, 5.41) is 7.28. The van der Waals surface area contributed by atoms with Gasteiger partial charge >= 0.3 is 5.97 Å². The Morgan fingerprint density at radius 1 is 0.968 bits per heavy atom. The molecule has 0 radical (unpaired) electrons. The molecule has 0 fully saturated rings. The maximum absolute atomic E-state index is 12.6. The van der Waals surface area contributed by atoms with Gasteiger partial charge in [0, 0.05) is 6.54 Å². The molecule has 1 heterocycles. The summed E-state index contributed by atoms with van der Waals surface area (Å²) in [6.07, 6.45) is 1.72. The van der Waals surface area contributed by atoms with Crippen molar-refractivity contribution in [3.8, 4) is 0 Å². The predicted molar refractivity (Wildman–Crippen MR) is 120 cm³/mol. The van der Waals surface area contributed by atoms with E-state index in [-0.39, 0.29) is 12.5 Å². The van der Waals surface area contributed by atoms with E-state index in [0.29, 0.717) is 24.3 Å². The topological polar surface area (TPSA) is 73.2 Å². The van der Waals surface area contributed by atoms with E-state index in [9.17, 15) is 9.59 Å². The zero-order valence-electron chi connectivity index (χ0n) is 18.4. The summed E-state index contributed by atoms with van der Waals surface area (Å²) >= 11 is 0. The van der Waals surface area contributed by atoms with E-state index in [2.05, 4.69) is 34.7 Å². The Kier molecular flexibility index (Phi) is 7.60. The van der Waals surface area contributed by atoms with Gasteiger partial charge in [0.15, 0.2) is 6.61 Å². The first kappa shape index (κ1) is 22.3. The van der Waals surface area contributed by atoms with Gasteiger partial charge in [-0.2, -0.15) is 5.10 Å². The van der Waals surface area contributed by atoms with Crippen LogP contribution < -0.4 is 5.32 Å². The SMILES string of the molecule is Cc1ccc(Cn2nc(C)c(C(=O)OCC(=O)NCCCc3ccccc3)c2C)cc1. The lowest BCUT2D eigenvalue weighted by molar-refractivity contribution is -0.124. The summed E-state index contributed by atoms with van der Waals surface area (Å²) < 4.78 is 7.03. The van der Waals surface area contributed by atoms with Crippen LogP contribution in [0.2, 0.25) is 0 Å². The van der Waals surface area contributed by atoms with Gasteiger partial charge in [-0.3, -0.25) is 9.48 Å². The van der Waals surface area contributed by atoms with Gasteiger partial charge in [0.25, 0.3) is 5.91 Å². The highest BCUT2D eigenvalue weighted by molar-refractivity contribution is 5.93. The highest BCUT2D eigenvalue weighted by atomic mass is 16.5. The molecule has 0 atom stereocenters. The van der Waals surface area contributed by atoms with Crippen molar-refractivity contribution in [2.45, 2.75) is 40.2 Å². The van der Waals surface area contributed by atoms with Crippen molar-refractivity contribution >= 4 is 11.9 Å². The molecule has 0 saturated heterocycles. The molecular formula is C25H29N3O3. The van der Waals surface area contributed by atoms with Crippen LogP contribution in [-0.4, -0.2) is 34.8 Å². The number of carbonyl (C=O) groups excluding carboxylic acids is 2. The summed E-state index contributed by atoms with van der Waals surface area (Å²) in [5.74, 6) is -0.826. The summed E-state index contributed by atoms with van der Waals surface area (Å²) in [6, 6.07) is 18.3. The molecule has 162 valence electrons. The van der Waals surface area contributed by atoms with Crippen LogP contribution in [0.3, 0.4) is 0 Å². The molecule has 0 bridgehead atoms. The minimum Gasteiger partial charge on any atom is -0.452 e. The average Bonchev–Trinajstić information content (AvgIpc) is 3.04. The second kappa shape index (κ2) is 10.6. The number of amides is 1. The molecule has 1 N–H and O–H groups in total. The minimum absolute atomic E-state index is 0.299. The third kappa shape index (κ3) is 6.28. The van der Waals surface area contributed by atoms with E-state index in [1.54, 1.807) is 11.6 Å². The van der Waals surface area contributed by atoms with Crippen molar-refractivity contribution in [1.29, 1.82) is 0 Å². The van der Waals surface area contributed by atoms with Crippen LogP contribution in [0.5, 0.6) is 0 Å². The van der Waals surface area contributed by atoms with E-state index in [0.717, 1.165) is 24.1 Å². The first-order chi connectivity index (χ1) is 14.9. The molecule has 0 saturated carbocycles. The number of carbonyl (C=O) groups is 2. The molecule has 1 aromatic heterocycles. The summed E-state index contributed by atoms with van der Waals surface area (Å²) in [6.45, 7) is 6.47. The Morgan fingerprint density at radius 2 is 1.68 bits per heavy atom. The lowest BCUT2D eigenvalue weighted by Crippen LogP contribution is -2.30. The zero-order valence-corrected chi connectivity index (χ0v) is 18.4. The molecule has 6 nitrogen and oxygen atoms in total. The smallest absolute Gasteiger partial charge is 0.342 e. The summed E-state index contributed by atoms with van der Waals surface area (Å²) in [7, 11) is 0. The van der Waals surface area contributed by atoms with E-state index in [4.69, 9.17) is 4.74 Å². The molecular weight excluding hydrogens is 390 g/mol. The quantitative estimate of drug-likeness (QED) is 0.423. The van der Waals surface area contributed by atoms with Crippen LogP contribution in [-0.2, 0) is 22.5 Å². The maximum atomic E-state index is 12.6. The second-order valence-electron chi connectivity index (χ2n) is 7.70. The van der Waals surface area contributed by atoms with Crippen LogP contribution >= 0.6 is 0 Å². The number of rotatable bonds is 9. The van der Waals surface area contributed by atoms with Gasteiger partial charge in [-0.15, -0.1) is 0 Å². The number of hydrogen-bond donors (Lipinski definition) is 1. The third-order valence-corrected chi connectivity index (χ3v) is 5.18. The number of aryl methyl sites for hydroxylation is 3. The number of aromatic nitrogens is 2. The Hall–Kier alpha value is -3.41. The van der Waals surface area contributed by atoms with Crippen molar-refractivity contribution < 1.29 is 14.3 Å². The van der Waals surface area contributed by atoms with Crippen molar-refractivity contribution in [3.05, 3.63) is 88.2 Å². The number of hydrogen-bond acceptors (Lipinski definition) is 4. The largest absolute Gasteiger partial charge is 0.452 e. The molecule has 0 aliphatic carbocycles. The van der Waals surface area contributed by atoms with E-state index in [1.807, 2.05) is 44.2 Å². The number of nitrogens with one attached hydrogen (secondary N) is 1. The molecule has 2 aromatic carbocycles. The van der Waals surface area contributed by atoms with Crippen molar-refractivity contribution in [1.82, 2.24) is 15.1 Å². The number of nitrogens with zero attached hydrogens (tertiary/aromatic N) is 2. The van der Waals surface area contributed by atoms with Crippen molar-refractivity contribution in [2.24, 2.45) is 0 Å². The normalized spacial score (nSPS) is 10.7. The van der Waals surface area contributed by atoms with Gasteiger partial charge in [-0.25, -0.2) is 4.79 Å². The predicted octanol–water partition coefficient (Wildman–Crippen LogP) is 3.76. The number of ether oxygens (including phenoxy) is 1. The molecule has 0 unspecified atom stereocenters. The van der Waals surface area contributed by atoms with Crippen LogP contribution in [0.25, 0.3) is 0 Å². The fourth-order valence-corrected chi connectivity index (χ4v) is 3.43. The average molecular weight is 420 g/mol. The van der Waals surface area contributed by atoms with Gasteiger partial charge in [-0.1, -0.05) is 60.2 Å². The zero-order chi connectivity index (χ0) is 22.2. The van der Waals surface area contributed by atoms with Gasteiger partial charge < -0.3 is 10.1 Å². The summed E-state index contributed by atoms with van der Waals surface area (Å²) in [5.41, 5.74) is 5.27. The van der Waals surface area contributed by atoms with Gasteiger partial charge in [-0.05, 0) is 44.7 Å². The highest BCUT2D eigenvalue weighted by Gasteiger charge is 2.21. The van der Waals surface area contributed by atoms with Gasteiger partial charge in [0.1, 0.15) is 5.56 Å². The Bertz CT molecular complexity index is 1020. The monoisotopic (exact) mass is 419 g/mol. The molecule has 0 aliphatic heterocycles. The molecule has 0 aliphatic rings. The number of benzene rings is 2. The van der Waals surface area contributed by atoms with E-state index >= 15 is 0 Å². The van der Waals surface area contributed by atoms with E-state index < -0.39 is 5.97 Å². The Morgan fingerprint density at radius 3 is 2.39 bits per heavy atom. The summed E-state index contributed by atoms with van der Waals surface area (Å²) in [4.78, 5) is 24.6. The van der Waals surface area contributed by atoms with Crippen molar-refractivity contribution in [3.63, 3.8) is 0 Å². The molecule has 1 amide bonds. The Labute approximate surface area is 183 Å². The van der Waals surface area contributed by atoms with Gasteiger partial charge in [0.05, 0.1) is 17.9 Å². The molecule has 6 heteroatoms. The first-order valence-electron chi connectivity index (χ1n) is 10.5. The second-order valence-corrected chi connectivity index (χ2v) is 7.70. The molecule has 3 aromatic rings. The minimum atomic E-state index is -0.524. The lowest BCUT2D eigenvalue weighted by atomic mass is 10.1. The first-order valence-corrected chi connectivity index (χ1v) is 10.5. The van der Waals surface area contributed by atoms with Crippen molar-refractivity contribution in [2.75, 3.05) is 13.2 Å². The lowest BCUT2D eigenvalue weighted by Gasteiger charge is -2.08.